The summed E-state index contributed by atoms with van der Waals surface area (Å²) in [6.45, 7) is 9.87. The SMILES string of the molecule is CCN(CC)S(=O)(=O)c1ccc(CCC(=O)Nc2nc(CN3CCCC(C)C3)cs2)cc1. The lowest BCUT2D eigenvalue weighted by molar-refractivity contribution is -0.116. The largest absolute Gasteiger partial charge is 0.302 e. The molecule has 0 saturated carbocycles. The highest BCUT2D eigenvalue weighted by Crippen LogP contribution is 2.21. The topological polar surface area (TPSA) is 82.6 Å². The Morgan fingerprint density at radius 2 is 1.97 bits per heavy atom. The average Bonchev–Trinajstić information content (AvgIpc) is 3.19. The number of likely N-dealkylation sites (tertiary alicyclic amines) is 1. The normalized spacial score (nSPS) is 17.6. The second-order valence-corrected chi connectivity index (χ2v) is 11.2. The molecule has 1 aromatic heterocycles. The first kappa shape index (κ1) is 24.8. The fourth-order valence-corrected chi connectivity index (χ4v) is 6.25. The van der Waals surface area contributed by atoms with Crippen molar-refractivity contribution in [3.05, 3.63) is 40.9 Å². The number of carbonyl (C=O) groups excluding carboxylic acids is 1. The van der Waals surface area contributed by atoms with E-state index in [2.05, 4.69) is 22.1 Å². The molecule has 2 aromatic rings. The van der Waals surface area contributed by atoms with Gasteiger partial charge in [-0.15, -0.1) is 11.3 Å². The molecule has 9 heteroatoms. The van der Waals surface area contributed by atoms with Gasteiger partial charge in [0.15, 0.2) is 5.13 Å². The third-order valence-electron chi connectivity index (χ3n) is 5.83. The van der Waals surface area contributed by atoms with Crippen LogP contribution in [0.1, 0.15) is 51.3 Å². The lowest BCUT2D eigenvalue weighted by Gasteiger charge is -2.30. The van der Waals surface area contributed by atoms with Crippen LogP contribution in [0, 0.1) is 5.92 Å². The van der Waals surface area contributed by atoms with Gasteiger partial charge >= 0.3 is 0 Å². The average molecular weight is 479 g/mol. The molecule has 32 heavy (non-hydrogen) atoms. The summed E-state index contributed by atoms with van der Waals surface area (Å²) in [7, 11) is -3.46. The molecule has 1 saturated heterocycles. The van der Waals surface area contributed by atoms with E-state index in [4.69, 9.17) is 0 Å². The van der Waals surface area contributed by atoms with Gasteiger partial charge in [0.2, 0.25) is 15.9 Å². The van der Waals surface area contributed by atoms with Gasteiger partial charge in [-0.05, 0) is 49.4 Å². The van der Waals surface area contributed by atoms with E-state index in [0.29, 0.717) is 31.1 Å². The molecule has 1 aliphatic heterocycles. The van der Waals surface area contributed by atoms with E-state index < -0.39 is 10.0 Å². The highest BCUT2D eigenvalue weighted by Gasteiger charge is 2.21. The number of rotatable bonds is 10. The number of nitrogens with zero attached hydrogens (tertiary/aromatic N) is 3. The Morgan fingerprint density at radius 1 is 1.25 bits per heavy atom. The minimum atomic E-state index is -3.46. The number of piperidine rings is 1. The Labute approximate surface area is 195 Å². The van der Waals surface area contributed by atoms with Gasteiger partial charge < -0.3 is 5.32 Å². The number of benzene rings is 1. The van der Waals surface area contributed by atoms with Crippen molar-refractivity contribution in [1.82, 2.24) is 14.2 Å². The number of nitrogens with one attached hydrogen (secondary N) is 1. The van der Waals surface area contributed by atoms with Crippen molar-refractivity contribution in [2.75, 3.05) is 31.5 Å². The van der Waals surface area contributed by atoms with Gasteiger partial charge in [-0.3, -0.25) is 9.69 Å². The fraction of sp³-hybridized carbons (Fsp3) is 0.565. The van der Waals surface area contributed by atoms with Gasteiger partial charge in [0.1, 0.15) is 0 Å². The van der Waals surface area contributed by atoms with E-state index in [1.54, 1.807) is 24.3 Å². The Bertz CT molecular complexity index is 985. The molecule has 0 aliphatic carbocycles. The fourth-order valence-electron chi connectivity index (χ4n) is 4.08. The molecule has 1 aromatic carbocycles. The molecule has 3 rings (SSSR count). The smallest absolute Gasteiger partial charge is 0.243 e. The van der Waals surface area contributed by atoms with Crippen LogP contribution in [0.5, 0.6) is 0 Å². The summed E-state index contributed by atoms with van der Waals surface area (Å²) in [4.78, 5) is 19.6. The number of aromatic nitrogens is 1. The molecule has 7 nitrogen and oxygen atoms in total. The van der Waals surface area contributed by atoms with Gasteiger partial charge in [0.05, 0.1) is 10.6 Å². The number of sulfonamides is 1. The van der Waals surface area contributed by atoms with Crippen LogP contribution in [0.2, 0.25) is 0 Å². The van der Waals surface area contributed by atoms with Gasteiger partial charge in [-0.2, -0.15) is 4.31 Å². The lowest BCUT2D eigenvalue weighted by atomic mass is 10.0. The zero-order valence-electron chi connectivity index (χ0n) is 19.2. The predicted octanol–water partition coefficient (Wildman–Crippen LogP) is 3.98. The number of hydrogen-bond acceptors (Lipinski definition) is 6. The second kappa shape index (κ2) is 11.4. The predicted molar refractivity (Wildman–Crippen MR) is 129 cm³/mol. The molecule has 1 amide bonds. The Balaban J connectivity index is 1.48. The van der Waals surface area contributed by atoms with Crippen molar-refractivity contribution >= 4 is 32.4 Å². The molecule has 176 valence electrons. The van der Waals surface area contributed by atoms with Crippen LogP contribution >= 0.6 is 11.3 Å². The minimum absolute atomic E-state index is 0.0858. The molecule has 1 atom stereocenters. The van der Waals surface area contributed by atoms with E-state index in [1.165, 1.54) is 28.5 Å². The zero-order valence-corrected chi connectivity index (χ0v) is 20.8. The molecule has 1 unspecified atom stereocenters. The van der Waals surface area contributed by atoms with E-state index in [-0.39, 0.29) is 10.8 Å². The standard InChI is InChI=1S/C23H34N4O3S2/c1-4-27(5-2)32(29,30)21-11-8-19(9-12-21)10-13-22(28)25-23-24-20(17-31-23)16-26-14-6-7-18(3)15-26/h8-9,11-12,17-18H,4-7,10,13-16H2,1-3H3,(H,24,25,28). The van der Waals surface area contributed by atoms with Crippen molar-refractivity contribution in [3.63, 3.8) is 0 Å². The third kappa shape index (κ3) is 6.60. The van der Waals surface area contributed by atoms with E-state index in [1.807, 2.05) is 19.2 Å². The number of carbonyl (C=O) groups is 1. The summed E-state index contributed by atoms with van der Waals surface area (Å²) in [5, 5.41) is 5.54. The number of anilines is 1. The first-order valence-corrected chi connectivity index (χ1v) is 13.7. The number of amides is 1. The Kier molecular flexibility index (Phi) is 8.81. The lowest BCUT2D eigenvalue weighted by Crippen LogP contribution is -2.33. The number of aryl methyl sites for hydroxylation is 1. The van der Waals surface area contributed by atoms with Crippen molar-refractivity contribution in [2.24, 2.45) is 5.92 Å². The molecule has 1 N–H and O–H groups in total. The Hall–Kier alpha value is -1.81. The summed E-state index contributed by atoms with van der Waals surface area (Å²) in [5.74, 6) is 0.644. The van der Waals surface area contributed by atoms with E-state index >= 15 is 0 Å². The highest BCUT2D eigenvalue weighted by molar-refractivity contribution is 7.89. The first-order valence-electron chi connectivity index (χ1n) is 11.4. The quantitative estimate of drug-likeness (QED) is 0.559. The van der Waals surface area contributed by atoms with Crippen LogP contribution < -0.4 is 5.32 Å². The monoisotopic (exact) mass is 478 g/mol. The van der Waals surface area contributed by atoms with Crippen molar-refractivity contribution < 1.29 is 13.2 Å². The molecule has 1 aliphatic rings. The summed E-state index contributed by atoms with van der Waals surface area (Å²) < 4.78 is 26.6. The maximum Gasteiger partial charge on any atom is 0.243 e. The minimum Gasteiger partial charge on any atom is -0.302 e. The highest BCUT2D eigenvalue weighted by atomic mass is 32.2. The van der Waals surface area contributed by atoms with Crippen LogP contribution in [0.4, 0.5) is 5.13 Å². The summed E-state index contributed by atoms with van der Waals surface area (Å²) in [6, 6.07) is 6.81. The first-order chi connectivity index (χ1) is 15.3. The molecular formula is C23H34N4O3S2. The molecule has 0 bridgehead atoms. The Morgan fingerprint density at radius 3 is 2.62 bits per heavy atom. The second-order valence-electron chi connectivity index (χ2n) is 8.41. The van der Waals surface area contributed by atoms with Gasteiger partial charge in [-0.1, -0.05) is 32.9 Å². The number of hydrogen-bond donors (Lipinski definition) is 1. The molecular weight excluding hydrogens is 444 g/mol. The summed E-state index contributed by atoms with van der Waals surface area (Å²) in [6.07, 6.45) is 3.39. The van der Waals surface area contributed by atoms with Crippen LogP contribution in [0.15, 0.2) is 34.5 Å². The number of thiazole rings is 1. The maximum atomic E-state index is 12.6. The molecule has 2 heterocycles. The van der Waals surface area contributed by atoms with Crippen LogP contribution in [0.3, 0.4) is 0 Å². The van der Waals surface area contributed by atoms with E-state index in [0.717, 1.165) is 36.8 Å². The molecule has 1 fully saturated rings. The maximum absolute atomic E-state index is 12.6. The summed E-state index contributed by atoms with van der Waals surface area (Å²) in [5.41, 5.74) is 1.93. The van der Waals surface area contributed by atoms with Crippen LogP contribution in [-0.2, 0) is 27.8 Å². The van der Waals surface area contributed by atoms with Gasteiger partial charge in [0, 0.05) is 38.0 Å². The van der Waals surface area contributed by atoms with Crippen molar-refractivity contribution in [2.45, 2.75) is 57.9 Å². The van der Waals surface area contributed by atoms with Crippen LogP contribution in [-0.4, -0.2) is 54.7 Å². The summed E-state index contributed by atoms with van der Waals surface area (Å²) >= 11 is 1.46. The van der Waals surface area contributed by atoms with E-state index in [9.17, 15) is 13.2 Å². The zero-order chi connectivity index (χ0) is 23.1. The van der Waals surface area contributed by atoms with Crippen molar-refractivity contribution in [3.8, 4) is 0 Å². The van der Waals surface area contributed by atoms with Gasteiger partial charge in [0.25, 0.3) is 0 Å². The molecule has 0 spiro atoms. The van der Waals surface area contributed by atoms with Crippen LogP contribution in [0.25, 0.3) is 0 Å². The van der Waals surface area contributed by atoms with Crippen molar-refractivity contribution in [1.29, 1.82) is 0 Å². The third-order valence-corrected chi connectivity index (χ3v) is 8.70. The van der Waals surface area contributed by atoms with Gasteiger partial charge in [-0.25, -0.2) is 13.4 Å². The molecule has 0 radical (unpaired) electrons.